The SMILES string of the molecule is O=C(Nc1ccccc1NC(=O)c1cc2ccccc2oc1=O)c1ccc(Cl)cc1. The highest BCUT2D eigenvalue weighted by Crippen LogP contribution is 2.23. The molecule has 0 saturated carbocycles. The number of hydrogen-bond acceptors (Lipinski definition) is 4. The zero-order chi connectivity index (χ0) is 21.1. The van der Waals surface area contributed by atoms with Crippen LogP contribution in [0, 0.1) is 0 Å². The summed E-state index contributed by atoms with van der Waals surface area (Å²) in [6, 6.07) is 21.5. The largest absolute Gasteiger partial charge is 0.422 e. The number of para-hydroxylation sites is 3. The Morgan fingerprint density at radius 3 is 2.07 bits per heavy atom. The van der Waals surface area contributed by atoms with Crippen LogP contribution >= 0.6 is 11.6 Å². The fourth-order valence-corrected chi connectivity index (χ4v) is 3.03. The second kappa shape index (κ2) is 8.23. The van der Waals surface area contributed by atoms with Crippen molar-refractivity contribution in [1.82, 2.24) is 0 Å². The Hall–Kier alpha value is -3.90. The topological polar surface area (TPSA) is 88.4 Å². The van der Waals surface area contributed by atoms with Crippen LogP contribution in [0.1, 0.15) is 20.7 Å². The van der Waals surface area contributed by atoms with E-state index in [1.165, 1.54) is 6.07 Å². The van der Waals surface area contributed by atoms with Crippen molar-refractivity contribution in [1.29, 1.82) is 0 Å². The van der Waals surface area contributed by atoms with Crippen molar-refractivity contribution in [2.24, 2.45) is 0 Å². The minimum Gasteiger partial charge on any atom is -0.422 e. The smallest absolute Gasteiger partial charge is 0.349 e. The first-order valence-electron chi connectivity index (χ1n) is 9.01. The molecule has 0 spiro atoms. The summed E-state index contributed by atoms with van der Waals surface area (Å²) in [5.41, 5.74) is 0.667. The van der Waals surface area contributed by atoms with Gasteiger partial charge in [0.15, 0.2) is 0 Å². The van der Waals surface area contributed by atoms with Gasteiger partial charge in [0.1, 0.15) is 11.1 Å². The van der Waals surface area contributed by atoms with Gasteiger partial charge in [0.05, 0.1) is 11.4 Å². The third-order valence-electron chi connectivity index (χ3n) is 4.42. The number of benzene rings is 3. The number of carbonyl (C=O) groups is 2. The molecule has 0 saturated heterocycles. The molecular weight excluding hydrogens is 404 g/mol. The van der Waals surface area contributed by atoms with Crippen molar-refractivity contribution in [2.75, 3.05) is 10.6 Å². The van der Waals surface area contributed by atoms with Gasteiger partial charge >= 0.3 is 5.63 Å². The molecule has 0 bridgehead atoms. The van der Waals surface area contributed by atoms with Crippen molar-refractivity contribution < 1.29 is 14.0 Å². The van der Waals surface area contributed by atoms with Gasteiger partial charge in [-0.3, -0.25) is 9.59 Å². The molecule has 0 aliphatic heterocycles. The van der Waals surface area contributed by atoms with Crippen LogP contribution in [0.3, 0.4) is 0 Å². The highest BCUT2D eigenvalue weighted by atomic mass is 35.5. The summed E-state index contributed by atoms with van der Waals surface area (Å²) in [5, 5.41) is 6.57. The lowest BCUT2D eigenvalue weighted by Gasteiger charge is -2.12. The summed E-state index contributed by atoms with van der Waals surface area (Å²) in [4.78, 5) is 37.5. The average Bonchev–Trinajstić information content (AvgIpc) is 2.75. The second-order valence-electron chi connectivity index (χ2n) is 6.45. The minimum absolute atomic E-state index is 0.132. The number of hydrogen-bond donors (Lipinski definition) is 2. The van der Waals surface area contributed by atoms with Gasteiger partial charge in [0, 0.05) is 16.0 Å². The molecule has 0 unspecified atom stereocenters. The zero-order valence-electron chi connectivity index (χ0n) is 15.5. The Balaban J connectivity index is 1.59. The fraction of sp³-hybridized carbons (Fsp3) is 0. The molecule has 4 aromatic rings. The number of halogens is 1. The maximum absolute atomic E-state index is 12.7. The van der Waals surface area contributed by atoms with Crippen LogP contribution in [0.25, 0.3) is 11.0 Å². The van der Waals surface area contributed by atoms with Crippen molar-refractivity contribution in [2.45, 2.75) is 0 Å². The monoisotopic (exact) mass is 418 g/mol. The van der Waals surface area contributed by atoms with Gasteiger partial charge in [0.25, 0.3) is 11.8 Å². The maximum atomic E-state index is 12.7. The quantitative estimate of drug-likeness (QED) is 0.459. The van der Waals surface area contributed by atoms with E-state index in [9.17, 15) is 14.4 Å². The molecule has 0 atom stereocenters. The van der Waals surface area contributed by atoms with Crippen LogP contribution in [-0.2, 0) is 0 Å². The highest BCUT2D eigenvalue weighted by Gasteiger charge is 2.16. The molecule has 1 aromatic heterocycles. The summed E-state index contributed by atoms with van der Waals surface area (Å²) < 4.78 is 5.22. The predicted molar refractivity (Wildman–Crippen MR) is 116 cm³/mol. The molecule has 0 radical (unpaired) electrons. The van der Waals surface area contributed by atoms with Gasteiger partial charge in [-0.1, -0.05) is 41.9 Å². The summed E-state index contributed by atoms with van der Waals surface area (Å²) in [5.74, 6) is -0.999. The number of nitrogens with one attached hydrogen (secondary N) is 2. The fourth-order valence-electron chi connectivity index (χ4n) is 2.91. The van der Waals surface area contributed by atoms with E-state index in [1.54, 1.807) is 72.8 Å². The number of fused-ring (bicyclic) bond motifs is 1. The lowest BCUT2D eigenvalue weighted by atomic mass is 10.1. The third kappa shape index (κ3) is 4.09. The summed E-state index contributed by atoms with van der Waals surface area (Å²) in [7, 11) is 0. The van der Waals surface area contributed by atoms with Crippen molar-refractivity contribution >= 4 is 45.8 Å². The van der Waals surface area contributed by atoms with E-state index >= 15 is 0 Å². The lowest BCUT2D eigenvalue weighted by Crippen LogP contribution is -2.22. The van der Waals surface area contributed by atoms with Gasteiger partial charge in [-0.15, -0.1) is 0 Å². The van der Waals surface area contributed by atoms with Crippen molar-refractivity contribution in [3.63, 3.8) is 0 Å². The second-order valence-corrected chi connectivity index (χ2v) is 6.88. The van der Waals surface area contributed by atoms with E-state index in [0.29, 0.717) is 32.9 Å². The van der Waals surface area contributed by atoms with E-state index in [4.69, 9.17) is 16.0 Å². The number of rotatable bonds is 4. The van der Waals surface area contributed by atoms with Crippen LogP contribution in [0.2, 0.25) is 5.02 Å². The molecule has 6 nitrogen and oxygen atoms in total. The van der Waals surface area contributed by atoms with E-state index < -0.39 is 11.5 Å². The average molecular weight is 419 g/mol. The third-order valence-corrected chi connectivity index (χ3v) is 4.67. The summed E-state index contributed by atoms with van der Waals surface area (Å²) in [6.07, 6.45) is 0. The molecule has 7 heteroatoms. The van der Waals surface area contributed by atoms with Gasteiger partial charge < -0.3 is 15.1 Å². The normalized spacial score (nSPS) is 10.6. The number of amides is 2. The van der Waals surface area contributed by atoms with E-state index in [1.807, 2.05) is 0 Å². The number of anilines is 2. The van der Waals surface area contributed by atoms with Crippen molar-refractivity contribution in [3.05, 3.63) is 105 Å². The van der Waals surface area contributed by atoms with Gasteiger partial charge in [-0.05, 0) is 48.5 Å². The first-order valence-corrected chi connectivity index (χ1v) is 9.39. The Morgan fingerprint density at radius 2 is 1.37 bits per heavy atom. The van der Waals surface area contributed by atoms with Crippen LogP contribution in [0.4, 0.5) is 11.4 Å². The van der Waals surface area contributed by atoms with Gasteiger partial charge in [-0.25, -0.2) is 4.79 Å². The zero-order valence-corrected chi connectivity index (χ0v) is 16.3. The number of carbonyl (C=O) groups excluding carboxylic acids is 2. The molecule has 0 aliphatic carbocycles. The molecule has 3 aromatic carbocycles. The summed E-state index contributed by atoms with van der Waals surface area (Å²) >= 11 is 5.85. The standard InChI is InChI=1S/C23H15ClN2O4/c24-16-11-9-14(10-12-16)21(27)25-18-6-2-3-7-19(18)26-22(28)17-13-15-5-1-4-8-20(15)30-23(17)29/h1-13H,(H,25,27)(H,26,28). The molecule has 0 aliphatic rings. The van der Waals surface area contributed by atoms with E-state index in [2.05, 4.69) is 10.6 Å². The molecule has 4 rings (SSSR count). The minimum atomic E-state index is -0.742. The Morgan fingerprint density at radius 1 is 0.767 bits per heavy atom. The molecule has 148 valence electrons. The predicted octanol–water partition coefficient (Wildman–Crippen LogP) is 4.95. The van der Waals surface area contributed by atoms with E-state index in [-0.39, 0.29) is 11.5 Å². The molecular formula is C23H15ClN2O4. The molecule has 1 heterocycles. The van der Waals surface area contributed by atoms with Crippen LogP contribution in [0.15, 0.2) is 88.1 Å². The summed E-state index contributed by atoms with van der Waals surface area (Å²) in [6.45, 7) is 0. The van der Waals surface area contributed by atoms with Crippen LogP contribution in [0.5, 0.6) is 0 Å². The maximum Gasteiger partial charge on any atom is 0.349 e. The molecule has 2 N–H and O–H groups in total. The molecule has 2 amide bonds. The van der Waals surface area contributed by atoms with Crippen LogP contribution < -0.4 is 16.3 Å². The highest BCUT2D eigenvalue weighted by molar-refractivity contribution is 6.30. The Labute approximate surface area is 176 Å². The Bertz CT molecular complexity index is 1310. The van der Waals surface area contributed by atoms with Crippen LogP contribution in [-0.4, -0.2) is 11.8 Å². The lowest BCUT2D eigenvalue weighted by molar-refractivity contribution is 0.101. The van der Waals surface area contributed by atoms with Gasteiger partial charge in [-0.2, -0.15) is 0 Å². The first kappa shape index (κ1) is 19.4. The molecule has 30 heavy (non-hydrogen) atoms. The Kier molecular flexibility index (Phi) is 5.32. The van der Waals surface area contributed by atoms with E-state index in [0.717, 1.165) is 0 Å². The van der Waals surface area contributed by atoms with Crippen molar-refractivity contribution in [3.8, 4) is 0 Å². The first-order chi connectivity index (χ1) is 14.5. The van der Waals surface area contributed by atoms with Gasteiger partial charge in [0.2, 0.25) is 0 Å². The molecule has 0 fully saturated rings.